The van der Waals surface area contributed by atoms with Crippen molar-refractivity contribution in [2.75, 3.05) is 0 Å². The number of carbonyl (C=O) groups excluding carboxylic acids is 1. The first-order valence-corrected chi connectivity index (χ1v) is 8.20. The highest BCUT2D eigenvalue weighted by Gasteiger charge is 2.42. The van der Waals surface area contributed by atoms with E-state index >= 15 is 0 Å². The van der Waals surface area contributed by atoms with Crippen LogP contribution in [-0.4, -0.2) is 17.6 Å². The Labute approximate surface area is 123 Å². The monoisotopic (exact) mass is 281 g/mol. The molecule has 4 unspecified atom stereocenters. The molecule has 0 bridgehead atoms. The molecule has 2 saturated carbocycles. The van der Waals surface area contributed by atoms with Crippen molar-refractivity contribution in [3.05, 3.63) is 0 Å². The van der Waals surface area contributed by atoms with Gasteiger partial charge in [0.25, 0.3) is 0 Å². The van der Waals surface area contributed by atoms with Gasteiger partial charge in [-0.2, -0.15) is 0 Å². The highest BCUT2D eigenvalue weighted by atomic mass is 16.5. The lowest BCUT2D eigenvalue weighted by atomic mass is 9.71. The van der Waals surface area contributed by atoms with E-state index < -0.39 is 5.54 Å². The second-order valence-corrected chi connectivity index (χ2v) is 8.30. The Hall–Kier alpha value is -0.570. The van der Waals surface area contributed by atoms with E-state index in [4.69, 9.17) is 10.5 Å². The smallest absolute Gasteiger partial charge is 0.326 e. The SMILES string of the molecule is CC1CC(OC(=O)C2(N)CCCC(C)C2)CC(C)(C)C1. The van der Waals surface area contributed by atoms with Crippen molar-refractivity contribution in [1.29, 1.82) is 0 Å². The number of hydrogen-bond donors (Lipinski definition) is 1. The molecular weight excluding hydrogens is 250 g/mol. The van der Waals surface area contributed by atoms with Gasteiger partial charge in [0, 0.05) is 0 Å². The van der Waals surface area contributed by atoms with Crippen molar-refractivity contribution in [3.63, 3.8) is 0 Å². The van der Waals surface area contributed by atoms with Crippen LogP contribution in [0.5, 0.6) is 0 Å². The van der Waals surface area contributed by atoms with Gasteiger partial charge in [0.2, 0.25) is 0 Å². The fourth-order valence-electron chi connectivity index (χ4n) is 4.39. The molecule has 3 heteroatoms. The Kier molecular flexibility index (Phi) is 4.48. The van der Waals surface area contributed by atoms with Crippen molar-refractivity contribution in [2.45, 2.75) is 84.3 Å². The summed E-state index contributed by atoms with van der Waals surface area (Å²) >= 11 is 0. The van der Waals surface area contributed by atoms with Crippen molar-refractivity contribution in [1.82, 2.24) is 0 Å². The molecule has 0 aromatic rings. The molecule has 0 aromatic heterocycles. The van der Waals surface area contributed by atoms with E-state index in [1.807, 2.05) is 0 Å². The van der Waals surface area contributed by atoms with Gasteiger partial charge in [-0.05, 0) is 49.4 Å². The van der Waals surface area contributed by atoms with E-state index in [1.165, 1.54) is 12.8 Å². The number of esters is 1. The zero-order chi connectivity index (χ0) is 15.0. The van der Waals surface area contributed by atoms with Crippen molar-refractivity contribution >= 4 is 5.97 Å². The van der Waals surface area contributed by atoms with Crippen LogP contribution in [0.2, 0.25) is 0 Å². The number of nitrogens with two attached hydrogens (primary N) is 1. The summed E-state index contributed by atoms with van der Waals surface area (Å²) in [6.45, 7) is 8.97. The summed E-state index contributed by atoms with van der Waals surface area (Å²) in [5.74, 6) is 0.998. The summed E-state index contributed by atoms with van der Waals surface area (Å²) in [4.78, 5) is 12.5. The average Bonchev–Trinajstić information content (AvgIpc) is 2.25. The third kappa shape index (κ3) is 3.75. The number of ether oxygens (including phenoxy) is 1. The molecule has 0 aliphatic heterocycles. The molecule has 0 aromatic carbocycles. The van der Waals surface area contributed by atoms with Gasteiger partial charge in [0.1, 0.15) is 11.6 Å². The highest BCUT2D eigenvalue weighted by molar-refractivity contribution is 5.80. The minimum absolute atomic E-state index is 0.0545. The second kappa shape index (κ2) is 5.67. The Morgan fingerprint density at radius 3 is 2.45 bits per heavy atom. The van der Waals surface area contributed by atoms with Crippen LogP contribution in [0.3, 0.4) is 0 Å². The molecular formula is C17H31NO2. The molecule has 0 spiro atoms. The lowest BCUT2D eigenvalue weighted by Gasteiger charge is -2.41. The predicted octanol–water partition coefficient (Wildman–Crippen LogP) is 3.65. The van der Waals surface area contributed by atoms with Gasteiger partial charge in [-0.15, -0.1) is 0 Å². The lowest BCUT2D eigenvalue weighted by molar-refractivity contribution is -0.162. The number of carbonyl (C=O) groups is 1. The Bertz CT molecular complexity index is 366. The molecule has 0 saturated heterocycles. The van der Waals surface area contributed by atoms with Crippen LogP contribution in [-0.2, 0) is 9.53 Å². The van der Waals surface area contributed by atoms with Crippen LogP contribution in [0.15, 0.2) is 0 Å². The average molecular weight is 281 g/mol. The minimum atomic E-state index is -0.734. The maximum absolute atomic E-state index is 12.5. The van der Waals surface area contributed by atoms with Gasteiger partial charge in [0.15, 0.2) is 0 Å². The van der Waals surface area contributed by atoms with E-state index in [-0.39, 0.29) is 17.5 Å². The number of rotatable bonds is 2. The van der Waals surface area contributed by atoms with E-state index in [0.29, 0.717) is 11.8 Å². The summed E-state index contributed by atoms with van der Waals surface area (Å²) in [5.41, 5.74) is 5.87. The molecule has 2 aliphatic carbocycles. The van der Waals surface area contributed by atoms with Gasteiger partial charge in [-0.1, -0.05) is 40.5 Å². The van der Waals surface area contributed by atoms with E-state index in [0.717, 1.165) is 32.1 Å². The quantitative estimate of drug-likeness (QED) is 0.786. The van der Waals surface area contributed by atoms with Crippen LogP contribution in [0.25, 0.3) is 0 Å². The number of hydrogen-bond acceptors (Lipinski definition) is 3. The Balaban J connectivity index is 1.97. The summed E-state index contributed by atoms with van der Waals surface area (Å²) in [5, 5.41) is 0. The molecule has 20 heavy (non-hydrogen) atoms. The van der Waals surface area contributed by atoms with Gasteiger partial charge < -0.3 is 10.5 Å². The van der Waals surface area contributed by atoms with Crippen LogP contribution < -0.4 is 5.73 Å². The summed E-state index contributed by atoms with van der Waals surface area (Å²) in [6.07, 6.45) is 7.00. The van der Waals surface area contributed by atoms with Crippen LogP contribution in [0.4, 0.5) is 0 Å². The molecule has 4 atom stereocenters. The largest absolute Gasteiger partial charge is 0.461 e. The summed E-state index contributed by atoms with van der Waals surface area (Å²) in [7, 11) is 0. The zero-order valence-corrected chi connectivity index (χ0v) is 13.6. The molecule has 0 heterocycles. The first-order valence-electron chi connectivity index (χ1n) is 8.20. The fraction of sp³-hybridized carbons (Fsp3) is 0.941. The minimum Gasteiger partial charge on any atom is -0.461 e. The van der Waals surface area contributed by atoms with Gasteiger partial charge in [0.05, 0.1) is 0 Å². The first-order chi connectivity index (χ1) is 9.20. The normalized spacial score (nSPS) is 41.1. The van der Waals surface area contributed by atoms with E-state index in [9.17, 15) is 4.79 Å². The van der Waals surface area contributed by atoms with Gasteiger partial charge in [-0.3, -0.25) is 4.79 Å². The second-order valence-electron chi connectivity index (χ2n) is 8.30. The molecule has 116 valence electrons. The van der Waals surface area contributed by atoms with Crippen molar-refractivity contribution in [3.8, 4) is 0 Å². The maximum atomic E-state index is 12.5. The van der Waals surface area contributed by atoms with E-state index in [2.05, 4.69) is 27.7 Å². The standard InChI is InChI=1S/C17H31NO2/c1-12-6-5-7-17(18,10-12)15(19)20-14-8-13(2)9-16(3,4)11-14/h12-14H,5-11,18H2,1-4H3. The fourth-order valence-corrected chi connectivity index (χ4v) is 4.39. The first kappa shape index (κ1) is 15.8. The zero-order valence-electron chi connectivity index (χ0n) is 13.6. The maximum Gasteiger partial charge on any atom is 0.326 e. The molecule has 0 amide bonds. The van der Waals surface area contributed by atoms with Gasteiger partial charge in [-0.25, -0.2) is 0 Å². The summed E-state index contributed by atoms with van der Waals surface area (Å²) in [6, 6.07) is 0. The lowest BCUT2D eigenvalue weighted by Crippen LogP contribution is -2.53. The molecule has 2 aliphatic rings. The molecule has 3 nitrogen and oxygen atoms in total. The Morgan fingerprint density at radius 2 is 1.85 bits per heavy atom. The van der Waals surface area contributed by atoms with Crippen LogP contribution >= 0.6 is 0 Å². The third-order valence-electron chi connectivity index (χ3n) is 5.06. The van der Waals surface area contributed by atoms with Gasteiger partial charge >= 0.3 is 5.97 Å². The predicted molar refractivity (Wildman–Crippen MR) is 81.2 cm³/mol. The van der Waals surface area contributed by atoms with Crippen LogP contribution in [0, 0.1) is 17.3 Å². The molecule has 2 N–H and O–H groups in total. The third-order valence-corrected chi connectivity index (χ3v) is 5.06. The Morgan fingerprint density at radius 1 is 1.15 bits per heavy atom. The van der Waals surface area contributed by atoms with E-state index in [1.54, 1.807) is 0 Å². The summed E-state index contributed by atoms with van der Waals surface area (Å²) < 4.78 is 5.82. The molecule has 0 radical (unpaired) electrons. The topological polar surface area (TPSA) is 52.3 Å². The van der Waals surface area contributed by atoms with Crippen molar-refractivity contribution < 1.29 is 9.53 Å². The van der Waals surface area contributed by atoms with Crippen molar-refractivity contribution in [2.24, 2.45) is 23.0 Å². The van der Waals surface area contributed by atoms with Crippen LogP contribution in [0.1, 0.15) is 72.6 Å². The highest BCUT2D eigenvalue weighted by Crippen LogP contribution is 2.40. The molecule has 2 rings (SSSR count). The molecule has 2 fully saturated rings.